The van der Waals surface area contributed by atoms with Gasteiger partial charge in [0.05, 0.1) is 11.0 Å². The molecule has 0 aliphatic rings. The van der Waals surface area contributed by atoms with E-state index in [0.717, 1.165) is 23.5 Å². The number of esters is 1. The first-order valence-corrected chi connectivity index (χ1v) is 10.5. The number of carbonyl (C=O) groups is 1. The second-order valence-corrected chi connectivity index (χ2v) is 8.11. The lowest BCUT2D eigenvalue weighted by Gasteiger charge is -2.12. The number of aliphatic hydroxyl groups excluding tert-OH is 1. The number of aryl methyl sites for hydroxylation is 1. The monoisotopic (exact) mass is 443 g/mol. The van der Waals surface area contributed by atoms with Gasteiger partial charge in [0.25, 0.3) is 0 Å². The minimum atomic E-state index is -0.889. The van der Waals surface area contributed by atoms with Gasteiger partial charge < -0.3 is 19.4 Å². The summed E-state index contributed by atoms with van der Waals surface area (Å²) >= 11 is 0. The molecule has 1 aromatic carbocycles. The maximum atomic E-state index is 12.5. The van der Waals surface area contributed by atoms with Crippen molar-refractivity contribution in [3.63, 3.8) is 0 Å². The molecule has 0 saturated heterocycles. The van der Waals surface area contributed by atoms with E-state index in [2.05, 4.69) is 28.4 Å². The molecule has 0 atom stereocenters. The number of nitriles is 2. The molecule has 8 heteroatoms. The van der Waals surface area contributed by atoms with Gasteiger partial charge in [0.1, 0.15) is 29.9 Å². The fraction of sp³-hybridized carbons (Fsp3) is 0.280. The molecule has 168 valence electrons. The number of hydrogen-bond acceptors (Lipinski definition) is 6. The van der Waals surface area contributed by atoms with Crippen molar-refractivity contribution in [1.29, 1.82) is 10.5 Å². The zero-order chi connectivity index (χ0) is 24.1. The number of benzene rings is 1. The first-order valence-electron chi connectivity index (χ1n) is 10.5. The van der Waals surface area contributed by atoms with Gasteiger partial charge in [0, 0.05) is 17.9 Å². The van der Waals surface area contributed by atoms with Crippen molar-refractivity contribution in [3.05, 3.63) is 64.4 Å². The maximum Gasteiger partial charge on any atom is 0.349 e. The van der Waals surface area contributed by atoms with Gasteiger partial charge >= 0.3 is 5.97 Å². The first-order chi connectivity index (χ1) is 15.7. The smallest absolute Gasteiger partial charge is 0.349 e. The predicted molar refractivity (Wildman–Crippen MR) is 125 cm³/mol. The molecule has 0 bridgehead atoms. The molecule has 2 aromatic heterocycles. The maximum absolute atomic E-state index is 12.5. The fourth-order valence-electron chi connectivity index (χ4n) is 3.52. The Morgan fingerprint density at radius 3 is 2.64 bits per heavy atom. The van der Waals surface area contributed by atoms with Gasteiger partial charge in [-0.2, -0.15) is 10.5 Å². The molecule has 8 nitrogen and oxygen atoms in total. The predicted octanol–water partition coefficient (Wildman–Crippen LogP) is 4.58. The fourth-order valence-corrected chi connectivity index (χ4v) is 3.52. The summed E-state index contributed by atoms with van der Waals surface area (Å²) in [5, 5.41) is 29.3. The summed E-state index contributed by atoms with van der Waals surface area (Å²) in [5.74, 6) is -0.735. The molecule has 0 unspecified atom stereocenters. The van der Waals surface area contributed by atoms with E-state index in [9.17, 15) is 20.4 Å². The Balaban J connectivity index is 1.79. The third-order valence-electron chi connectivity index (χ3n) is 5.17. The van der Waals surface area contributed by atoms with Crippen LogP contribution in [0.4, 0.5) is 0 Å². The van der Waals surface area contributed by atoms with Crippen molar-refractivity contribution in [2.75, 3.05) is 6.61 Å². The van der Waals surface area contributed by atoms with Gasteiger partial charge in [-0.25, -0.2) is 9.78 Å². The van der Waals surface area contributed by atoms with Crippen molar-refractivity contribution in [1.82, 2.24) is 14.5 Å². The number of aliphatic hydroxyl groups is 1. The molecule has 0 aliphatic heterocycles. The zero-order valence-corrected chi connectivity index (χ0v) is 19.0. The Hall–Kier alpha value is -4.30. The largest absolute Gasteiger partial charge is 0.507 e. The Kier molecular flexibility index (Phi) is 7.00. The highest BCUT2D eigenvalue weighted by atomic mass is 16.5. The summed E-state index contributed by atoms with van der Waals surface area (Å²) in [6.45, 7) is 8.41. The molecule has 0 amide bonds. The Bertz CT molecular complexity index is 1310. The molecule has 0 radical (unpaired) electrons. The molecular weight excluding hydrogens is 418 g/mol. The number of aromatic nitrogens is 3. The molecule has 2 N–H and O–H groups in total. The highest BCUT2D eigenvalue weighted by Gasteiger charge is 2.18. The van der Waals surface area contributed by atoms with Gasteiger partial charge in [-0.1, -0.05) is 26.0 Å². The summed E-state index contributed by atoms with van der Waals surface area (Å²) in [5.41, 5.74) is 3.73. The number of ether oxygens (including phenoxy) is 1. The van der Waals surface area contributed by atoms with Crippen LogP contribution in [0.2, 0.25) is 0 Å². The van der Waals surface area contributed by atoms with E-state index in [1.807, 2.05) is 38.1 Å². The number of allylic oxidation sites excluding steroid dienone is 1. The lowest BCUT2D eigenvalue weighted by Crippen LogP contribution is -2.11. The minimum absolute atomic E-state index is 0.140. The molecule has 0 spiro atoms. The van der Waals surface area contributed by atoms with Crippen LogP contribution >= 0.6 is 0 Å². The second kappa shape index (κ2) is 9.88. The van der Waals surface area contributed by atoms with Crippen LogP contribution < -0.4 is 0 Å². The van der Waals surface area contributed by atoms with E-state index in [1.54, 1.807) is 18.2 Å². The van der Waals surface area contributed by atoms with Gasteiger partial charge in [-0.05, 0) is 49.6 Å². The Labute approximate surface area is 192 Å². The summed E-state index contributed by atoms with van der Waals surface area (Å²) in [7, 11) is 0. The van der Waals surface area contributed by atoms with Gasteiger partial charge in [-0.3, -0.25) is 0 Å². The lowest BCUT2D eigenvalue weighted by molar-refractivity contribution is -0.138. The zero-order valence-electron chi connectivity index (χ0n) is 19.0. The normalized spacial score (nSPS) is 12.4. The van der Waals surface area contributed by atoms with Gasteiger partial charge in [0.15, 0.2) is 11.6 Å². The van der Waals surface area contributed by atoms with Crippen molar-refractivity contribution >= 4 is 28.7 Å². The van der Waals surface area contributed by atoms with E-state index in [1.165, 1.54) is 6.08 Å². The van der Waals surface area contributed by atoms with E-state index in [4.69, 9.17) is 4.74 Å². The number of hydrogen-bond donors (Lipinski definition) is 2. The number of nitrogens with zero attached hydrogens (tertiary/aromatic N) is 4. The summed E-state index contributed by atoms with van der Waals surface area (Å²) in [4.78, 5) is 19.7. The molecular formula is C25H25N5O3. The molecule has 3 rings (SSSR count). The SMILES string of the molecule is Cc1cc(C=C(C#N)C(=O)OC/C(O)=C(\C#N)c2nc3ccccc3[nH]2)c(C)n1CC(C)C. The first kappa shape index (κ1) is 23.4. The summed E-state index contributed by atoms with van der Waals surface area (Å²) in [6, 6.07) is 12.8. The molecule has 0 saturated carbocycles. The van der Waals surface area contributed by atoms with Crippen LogP contribution in [0.1, 0.15) is 36.6 Å². The van der Waals surface area contributed by atoms with Crippen molar-refractivity contribution in [2.24, 2.45) is 5.92 Å². The molecule has 2 heterocycles. The highest BCUT2D eigenvalue weighted by Crippen LogP contribution is 2.21. The summed E-state index contributed by atoms with van der Waals surface area (Å²) in [6.07, 6.45) is 1.48. The lowest BCUT2D eigenvalue weighted by atomic mass is 10.1. The van der Waals surface area contributed by atoms with Crippen LogP contribution in [-0.2, 0) is 16.1 Å². The van der Waals surface area contributed by atoms with Crippen molar-refractivity contribution < 1.29 is 14.6 Å². The second-order valence-electron chi connectivity index (χ2n) is 8.11. The van der Waals surface area contributed by atoms with Crippen LogP contribution in [0.5, 0.6) is 0 Å². The molecule has 33 heavy (non-hydrogen) atoms. The van der Waals surface area contributed by atoms with Crippen molar-refractivity contribution in [3.8, 4) is 12.1 Å². The van der Waals surface area contributed by atoms with E-state index in [-0.39, 0.29) is 17.0 Å². The van der Waals surface area contributed by atoms with Crippen LogP contribution in [-0.4, -0.2) is 32.2 Å². The van der Waals surface area contributed by atoms with Gasteiger partial charge in [0.2, 0.25) is 0 Å². The number of rotatable bonds is 7. The number of imidazole rings is 1. The number of nitrogens with one attached hydrogen (secondary N) is 1. The quantitative estimate of drug-likeness (QED) is 0.238. The van der Waals surface area contributed by atoms with E-state index < -0.39 is 18.3 Å². The molecule has 0 fully saturated rings. The van der Waals surface area contributed by atoms with Crippen LogP contribution in [0.3, 0.4) is 0 Å². The average molecular weight is 444 g/mol. The van der Waals surface area contributed by atoms with Crippen LogP contribution in [0.25, 0.3) is 22.7 Å². The van der Waals surface area contributed by atoms with Crippen LogP contribution in [0.15, 0.2) is 41.7 Å². The highest BCUT2D eigenvalue weighted by molar-refractivity contribution is 5.98. The Morgan fingerprint density at radius 2 is 2.00 bits per heavy atom. The van der Waals surface area contributed by atoms with E-state index in [0.29, 0.717) is 17.0 Å². The number of fused-ring (bicyclic) bond motifs is 1. The molecule has 3 aromatic rings. The van der Waals surface area contributed by atoms with Crippen molar-refractivity contribution in [2.45, 2.75) is 34.2 Å². The molecule has 0 aliphatic carbocycles. The summed E-state index contributed by atoms with van der Waals surface area (Å²) < 4.78 is 7.25. The standard InChI is InChI=1S/C25H25N5O3/c1-15(2)13-30-16(3)9-18(17(30)4)10-19(11-26)25(32)33-14-23(31)20(12-27)24-28-21-7-5-6-8-22(21)29-24/h5-10,15,31H,13-14H2,1-4H3,(H,28,29)/b19-10?,23-20-. The minimum Gasteiger partial charge on any atom is -0.507 e. The average Bonchev–Trinajstić information content (AvgIpc) is 3.32. The van der Waals surface area contributed by atoms with E-state index >= 15 is 0 Å². The van der Waals surface area contributed by atoms with Crippen LogP contribution in [0, 0.1) is 42.4 Å². The third kappa shape index (κ3) is 5.13. The number of H-pyrrole nitrogens is 1. The number of para-hydroxylation sites is 2. The number of aromatic amines is 1. The topological polar surface area (TPSA) is 128 Å². The Morgan fingerprint density at radius 1 is 1.27 bits per heavy atom. The van der Waals surface area contributed by atoms with Gasteiger partial charge in [-0.15, -0.1) is 0 Å². The third-order valence-corrected chi connectivity index (χ3v) is 5.17. The number of carbonyl (C=O) groups excluding carboxylic acids is 1.